The Balaban J connectivity index is 2.91. The molecule has 84 valence electrons. The summed E-state index contributed by atoms with van der Waals surface area (Å²) >= 11 is 3.54. The minimum absolute atomic E-state index is 0.107. The highest BCUT2D eigenvalue weighted by atomic mass is 79.9. The average Bonchev–Trinajstić information content (AvgIpc) is 2.27. The smallest absolute Gasteiger partial charge is 0.0685 e. The molecule has 0 aromatic heterocycles. The van der Waals surface area contributed by atoms with Crippen molar-refractivity contribution in [2.75, 3.05) is 13.1 Å². The molecule has 0 aliphatic heterocycles. The normalized spacial score (nSPS) is 11.0. The second-order valence-electron chi connectivity index (χ2n) is 3.50. The van der Waals surface area contributed by atoms with Gasteiger partial charge in [0.2, 0.25) is 0 Å². The molecule has 15 heavy (non-hydrogen) atoms. The highest BCUT2D eigenvalue weighted by molar-refractivity contribution is 9.10. The molecule has 1 aromatic carbocycles. The fraction of sp³-hybridized carbons (Fsp3) is 0.500. The lowest BCUT2D eigenvalue weighted by Crippen LogP contribution is -2.23. The summed E-state index contributed by atoms with van der Waals surface area (Å²) in [5.74, 6) is 0. The molecule has 3 heteroatoms. The Morgan fingerprint density at radius 3 is 2.47 bits per heavy atom. The molecule has 1 rings (SSSR count). The number of aliphatic hydroxyl groups excluding tert-OH is 1. The Bertz CT molecular complexity index is 310. The zero-order valence-corrected chi connectivity index (χ0v) is 10.9. The highest BCUT2D eigenvalue weighted by Gasteiger charge is 2.08. The van der Waals surface area contributed by atoms with Crippen LogP contribution in [0.5, 0.6) is 0 Å². The lowest BCUT2D eigenvalue weighted by Gasteiger charge is -2.20. The molecule has 0 unspecified atom stereocenters. The summed E-state index contributed by atoms with van der Waals surface area (Å²) < 4.78 is 1.08. The van der Waals surface area contributed by atoms with Crippen LogP contribution < -0.4 is 0 Å². The number of hydrogen-bond acceptors (Lipinski definition) is 2. The van der Waals surface area contributed by atoms with Gasteiger partial charge in [0.1, 0.15) is 0 Å². The Kier molecular flexibility index (Phi) is 5.29. The molecule has 0 fully saturated rings. The molecule has 0 radical (unpaired) electrons. The van der Waals surface area contributed by atoms with Crippen LogP contribution >= 0.6 is 15.9 Å². The lowest BCUT2D eigenvalue weighted by atomic mass is 10.1. The fourth-order valence-corrected chi connectivity index (χ4v) is 2.13. The van der Waals surface area contributed by atoms with E-state index in [1.807, 2.05) is 18.2 Å². The van der Waals surface area contributed by atoms with E-state index in [1.165, 1.54) is 5.56 Å². The van der Waals surface area contributed by atoms with Gasteiger partial charge in [0.25, 0.3) is 0 Å². The van der Waals surface area contributed by atoms with Crippen LogP contribution in [0.3, 0.4) is 0 Å². The van der Waals surface area contributed by atoms with Crippen molar-refractivity contribution in [2.24, 2.45) is 0 Å². The molecule has 0 saturated carbocycles. The van der Waals surface area contributed by atoms with Gasteiger partial charge in [0.15, 0.2) is 0 Å². The number of halogens is 1. The van der Waals surface area contributed by atoms with Gasteiger partial charge in [-0.2, -0.15) is 0 Å². The molecular formula is C12H18BrNO. The second-order valence-corrected chi connectivity index (χ2v) is 4.35. The zero-order chi connectivity index (χ0) is 11.3. The van der Waals surface area contributed by atoms with Gasteiger partial charge in [-0.15, -0.1) is 0 Å². The van der Waals surface area contributed by atoms with Gasteiger partial charge in [-0.3, -0.25) is 4.90 Å². The van der Waals surface area contributed by atoms with Crippen LogP contribution in [0.15, 0.2) is 22.7 Å². The largest absolute Gasteiger partial charge is 0.392 e. The van der Waals surface area contributed by atoms with Gasteiger partial charge >= 0.3 is 0 Å². The third kappa shape index (κ3) is 3.30. The van der Waals surface area contributed by atoms with E-state index in [9.17, 15) is 5.11 Å². The van der Waals surface area contributed by atoms with Gasteiger partial charge in [0.05, 0.1) is 6.61 Å². The topological polar surface area (TPSA) is 23.5 Å². The van der Waals surface area contributed by atoms with Gasteiger partial charge in [-0.05, 0) is 30.3 Å². The molecule has 2 nitrogen and oxygen atoms in total. The minimum atomic E-state index is 0.107. The van der Waals surface area contributed by atoms with Gasteiger partial charge in [-0.25, -0.2) is 0 Å². The molecule has 0 bridgehead atoms. The van der Waals surface area contributed by atoms with E-state index in [0.717, 1.165) is 29.7 Å². The molecule has 0 atom stereocenters. The van der Waals surface area contributed by atoms with Crippen LogP contribution in [0.2, 0.25) is 0 Å². The summed E-state index contributed by atoms with van der Waals surface area (Å²) in [7, 11) is 0. The first-order valence-electron chi connectivity index (χ1n) is 5.32. The third-order valence-corrected chi connectivity index (χ3v) is 3.41. The van der Waals surface area contributed by atoms with Crippen LogP contribution in [0, 0.1) is 0 Å². The maximum atomic E-state index is 9.26. The molecule has 0 spiro atoms. The van der Waals surface area contributed by atoms with Crippen molar-refractivity contribution in [2.45, 2.75) is 27.0 Å². The van der Waals surface area contributed by atoms with Crippen LogP contribution in [0.1, 0.15) is 25.0 Å². The van der Waals surface area contributed by atoms with Crippen molar-refractivity contribution in [3.63, 3.8) is 0 Å². The van der Waals surface area contributed by atoms with E-state index in [4.69, 9.17) is 0 Å². The van der Waals surface area contributed by atoms with Crippen molar-refractivity contribution < 1.29 is 5.11 Å². The van der Waals surface area contributed by atoms with E-state index in [0.29, 0.717) is 0 Å². The summed E-state index contributed by atoms with van der Waals surface area (Å²) in [4.78, 5) is 2.33. The van der Waals surface area contributed by atoms with Crippen LogP contribution in [0.4, 0.5) is 0 Å². The van der Waals surface area contributed by atoms with E-state index < -0.39 is 0 Å². The van der Waals surface area contributed by atoms with Gasteiger partial charge < -0.3 is 5.11 Å². The van der Waals surface area contributed by atoms with Crippen molar-refractivity contribution in [1.29, 1.82) is 0 Å². The molecule has 0 amide bonds. The third-order valence-electron chi connectivity index (χ3n) is 2.66. The summed E-state index contributed by atoms with van der Waals surface area (Å²) in [6.45, 7) is 7.36. The molecule has 0 saturated heterocycles. The number of benzene rings is 1. The zero-order valence-electron chi connectivity index (χ0n) is 9.33. The van der Waals surface area contributed by atoms with Crippen LogP contribution in [-0.2, 0) is 13.2 Å². The second kappa shape index (κ2) is 6.26. The first-order chi connectivity index (χ1) is 7.22. The van der Waals surface area contributed by atoms with E-state index in [-0.39, 0.29) is 6.61 Å². The van der Waals surface area contributed by atoms with E-state index in [1.54, 1.807) is 0 Å². The quantitative estimate of drug-likeness (QED) is 0.891. The molecule has 0 aliphatic rings. The first-order valence-corrected chi connectivity index (χ1v) is 6.11. The summed E-state index contributed by atoms with van der Waals surface area (Å²) in [6, 6.07) is 5.96. The summed E-state index contributed by atoms with van der Waals surface area (Å²) in [6.07, 6.45) is 0. The molecular weight excluding hydrogens is 254 g/mol. The summed E-state index contributed by atoms with van der Waals surface area (Å²) in [5.41, 5.74) is 2.21. The number of nitrogens with zero attached hydrogens (tertiary/aromatic N) is 1. The summed E-state index contributed by atoms with van der Waals surface area (Å²) in [5, 5.41) is 9.26. The van der Waals surface area contributed by atoms with E-state index >= 15 is 0 Å². The van der Waals surface area contributed by atoms with Crippen molar-refractivity contribution >= 4 is 15.9 Å². The Hall–Kier alpha value is -0.380. The SMILES string of the molecule is CCN(CC)Cc1c(Br)cccc1CO. The predicted octanol–water partition coefficient (Wildman–Crippen LogP) is 2.78. The molecule has 0 heterocycles. The first kappa shape index (κ1) is 12.7. The molecule has 1 aromatic rings. The number of rotatable bonds is 5. The maximum absolute atomic E-state index is 9.26. The minimum Gasteiger partial charge on any atom is -0.392 e. The van der Waals surface area contributed by atoms with E-state index in [2.05, 4.69) is 34.7 Å². The van der Waals surface area contributed by atoms with Crippen LogP contribution in [-0.4, -0.2) is 23.1 Å². The average molecular weight is 272 g/mol. The van der Waals surface area contributed by atoms with Crippen molar-refractivity contribution in [3.8, 4) is 0 Å². The van der Waals surface area contributed by atoms with Crippen molar-refractivity contribution in [1.82, 2.24) is 4.90 Å². The standard InChI is InChI=1S/C12H18BrNO/c1-3-14(4-2)8-11-10(9-15)6-5-7-12(11)13/h5-7,15H,3-4,8-9H2,1-2H3. The maximum Gasteiger partial charge on any atom is 0.0685 e. The van der Waals surface area contributed by atoms with Gasteiger partial charge in [0, 0.05) is 11.0 Å². The monoisotopic (exact) mass is 271 g/mol. The Morgan fingerprint density at radius 1 is 1.27 bits per heavy atom. The predicted molar refractivity (Wildman–Crippen MR) is 66.7 cm³/mol. The van der Waals surface area contributed by atoms with Crippen molar-refractivity contribution in [3.05, 3.63) is 33.8 Å². The van der Waals surface area contributed by atoms with Gasteiger partial charge in [-0.1, -0.05) is 41.9 Å². The Morgan fingerprint density at radius 2 is 1.93 bits per heavy atom. The lowest BCUT2D eigenvalue weighted by molar-refractivity contribution is 0.269. The Labute approximate surface area is 100 Å². The number of hydrogen-bond donors (Lipinski definition) is 1. The molecule has 0 aliphatic carbocycles. The van der Waals surface area contributed by atoms with Crippen LogP contribution in [0.25, 0.3) is 0 Å². The molecule has 1 N–H and O–H groups in total. The highest BCUT2D eigenvalue weighted by Crippen LogP contribution is 2.22. The number of aliphatic hydroxyl groups is 1. The fourth-order valence-electron chi connectivity index (χ4n) is 1.60.